The van der Waals surface area contributed by atoms with E-state index in [1.165, 1.54) is 4.90 Å². The van der Waals surface area contributed by atoms with Crippen LogP contribution in [-0.2, 0) is 11.3 Å². The highest BCUT2D eigenvalue weighted by Gasteiger charge is 2.27. The Morgan fingerprint density at radius 3 is 2.60 bits per heavy atom. The van der Waals surface area contributed by atoms with Crippen LogP contribution in [0.1, 0.15) is 63.2 Å². The number of hydrogen-bond acceptors (Lipinski definition) is 8. The monoisotopic (exact) mass is 488 g/mol. The third-order valence-electron chi connectivity index (χ3n) is 5.80. The van der Waals surface area contributed by atoms with Gasteiger partial charge < -0.3 is 29.8 Å². The van der Waals surface area contributed by atoms with Gasteiger partial charge in [-0.05, 0) is 71.2 Å². The molecule has 11 nitrogen and oxygen atoms in total. The lowest BCUT2D eigenvalue weighted by molar-refractivity contribution is 0.0500. The molecule has 3 N–H and O–H groups in total. The molecule has 1 aliphatic heterocycles. The van der Waals surface area contributed by atoms with Crippen LogP contribution < -0.4 is 10.6 Å². The van der Waals surface area contributed by atoms with Crippen LogP contribution in [0.25, 0.3) is 0 Å². The Hall–Kier alpha value is -3.34. The van der Waals surface area contributed by atoms with Crippen molar-refractivity contribution in [1.29, 1.82) is 0 Å². The van der Waals surface area contributed by atoms with E-state index >= 15 is 0 Å². The zero-order valence-electron chi connectivity index (χ0n) is 21.5. The lowest BCUT2D eigenvalue weighted by Crippen LogP contribution is -2.53. The summed E-state index contributed by atoms with van der Waals surface area (Å²) in [5, 5.41) is 23.3. The van der Waals surface area contributed by atoms with Crippen molar-refractivity contribution in [1.82, 2.24) is 25.3 Å². The lowest BCUT2D eigenvalue weighted by Gasteiger charge is -2.38. The standard InChI is InChI=1S/C24H36N6O5/c1-14-10-18(13-29-8-9-30(23(32)33)15(2)12-29)16(3)19(11-14)26-21-28-27-20(34-21)17(4)25-22(31)35-24(5,6)7/h10-11,15,17H,8-9,12-13H2,1-7H3,(H,25,31)(H,26,28)(H,32,33)/t15-,17+/m0/s1. The molecular weight excluding hydrogens is 452 g/mol. The summed E-state index contributed by atoms with van der Waals surface area (Å²) in [5.41, 5.74) is 3.50. The second kappa shape index (κ2) is 10.5. The number of alkyl carbamates (subject to hydrolysis) is 1. The van der Waals surface area contributed by atoms with E-state index in [-0.39, 0.29) is 17.9 Å². The molecule has 35 heavy (non-hydrogen) atoms. The molecule has 2 atom stereocenters. The van der Waals surface area contributed by atoms with Gasteiger partial charge in [0.25, 0.3) is 0 Å². The van der Waals surface area contributed by atoms with Gasteiger partial charge in [0.1, 0.15) is 11.6 Å². The maximum absolute atomic E-state index is 12.0. The average Bonchev–Trinajstić information content (AvgIpc) is 3.18. The Labute approximate surface area is 205 Å². The van der Waals surface area contributed by atoms with Crippen molar-refractivity contribution in [2.45, 2.75) is 72.7 Å². The fourth-order valence-corrected chi connectivity index (χ4v) is 4.05. The fourth-order valence-electron chi connectivity index (χ4n) is 4.05. The molecule has 0 spiro atoms. The molecule has 2 amide bonds. The van der Waals surface area contributed by atoms with Gasteiger partial charge >= 0.3 is 18.2 Å². The van der Waals surface area contributed by atoms with Crippen LogP contribution in [0.5, 0.6) is 0 Å². The molecule has 0 radical (unpaired) electrons. The number of nitrogens with zero attached hydrogens (tertiary/aromatic N) is 4. The highest BCUT2D eigenvalue weighted by atomic mass is 16.6. The van der Waals surface area contributed by atoms with Crippen molar-refractivity contribution < 1.29 is 23.8 Å². The number of carbonyl (C=O) groups excluding carboxylic acids is 1. The first-order valence-electron chi connectivity index (χ1n) is 11.7. The summed E-state index contributed by atoms with van der Waals surface area (Å²) in [6, 6.07) is 3.79. The summed E-state index contributed by atoms with van der Waals surface area (Å²) in [5.74, 6) is 0.258. The first-order chi connectivity index (χ1) is 16.3. The fraction of sp³-hybridized carbons (Fsp3) is 0.583. The largest absolute Gasteiger partial charge is 0.465 e. The van der Waals surface area contributed by atoms with Crippen LogP contribution in [0.4, 0.5) is 21.3 Å². The maximum atomic E-state index is 12.0. The van der Waals surface area contributed by atoms with Crippen LogP contribution in [0, 0.1) is 13.8 Å². The molecule has 1 aromatic heterocycles. The number of ether oxygens (including phenoxy) is 1. The van der Waals surface area contributed by atoms with Crippen LogP contribution in [-0.4, -0.2) is 68.6 Å². The molecule has 1 fully saturated rings. The molecule has 1 aliphatic rings. The molecule has 192 valence electrons. The second-order valence-corrected chi connectivity index (χ2v) is 10.1. The summed E-state index contributed by atoms with van der Waals surface area (Å²) in [7, 11) is 0. The van der Waals surface area contributed by atoms with Gasteiger partial charge in [0.2, 0.25) is 5.89 Å². The molecule has 0 unspecified atom stereocenters. The normalized spacial score (nSPS) is 17.7. The SMILES string of the molecule is Cc1cc(CN2CCN(C(=O)O)[C@@H](C)C2)c(C)c(Nc2nnc([C@@H](C)NC(=O)OC(C)(C)C)o2)c1. The average molecular weight is 489 g/mol. The van der Waals surface area contributed by atoms with Crippen LogP contribution in [0.15, 0.2) is 16.5 Å². The minimum Gasteiger partial charge on any atom is -0.465 e. The van der Waals surface area contributed by atoms with Crippen molar-refractivity contribution in [2.24, 2.45) is 0 Å². The van der Waals surface area contributed by atoms with Crippen molar-refractivity contribution in [3.8, 4) is 0 Å². The number of anilines is 2. The number of carbonyl (C=O) groups is 2. The van der Waals surface area contributed by atoms with Gasteiger partial charge in [0, 0.05) is 37.9 Å². The number of aryl methyl sites for hydroxylation is 1. The molecule has 3 rings (SSSR count). The Balaban J connectivity index is 1.67. The van der Waals surface area contributed by atoms with Crippen molar-refractivity contribution in [2.75, 3.05) is 25.0 Å². The molecule has 1 aromatic carbocycles. The summed E-state index contributed by atoms with van der Waals surface area (Å²) in [6.45, 7) is 15.7. The number of benzene rings is 1. The highest BCUT2D eigenvalue weighted by Crippen LogP contribution is 2.27. The summed E-state index contributed by atoms with van der Waals surface area (Å²) < 4.78 is 11.0. The van der Waals surface area contributed by atoms with Crippen molar-refractivity contribution >= 4 is 23.9 Å². The molecule has 2 heterocycles. The molecule has 0 bridgehead atoms. The third-order valence-corrected chi connectivity index (χ3v) is 5.80. The second-order valence-electron chi connectivity index (χ2n) is 10.1. The number of aromatic nitrogens is 2. The molecule has 0 aliphatic carbocycles. The number of rotatable bonds is 6. The predicted octanol–water partition coefficient (Wildman–Crippen LogP) is 4.20. The Morgan fingerprint density at radius 1 is 1.26 bits per heavy atom. The number of amides is 2. The van der Waals surface area contributed by atoms with Gasteiger partial charge in [0.15, 0.2) is 0 Å². The molecule has 1 saturated heterocycles. The number of hydrogen-bond donors (Lipinski definition) is 3. The van der Waals surface area contributed by atoms with Gasteiger partial charge in [-0.15, -0.1) is 5.10 Å². The topological polar surface area (TPSA) is 133 Å². The van der Waals surface area contributed by atoms with E-state index in [9.17, 15) is 14.7 Å². The smallest absolute Gasteiger partial charge is 0.408 e. The Morgan fingerprint density at radius 2 is 1.97 bits per heavy atom. The van der Waals surface area contributed by atoms with E-state index in [2.05, 4.69) is 31.8 Å². The first-order valence-corrected chi connectivity index (χ1v) is 11.7. The zero-order chi connectivity index (χ0) is 25.9. The number of carboxylic acid groups (broad SMARTS) is 1. The maximum Gasteiger partial charge on any atom is 0.408 e. The van der Waals surface area contributed by atoms with Crippen LogP contribution in [0.2, 0.25) is 0 Å². The minimum atomic E-state index is -0.870. The van der Waals surface area contributed by atoms with Crippen LogP contribution >= 0.6 is 0 Å². The summed E-state index contributed by atoms with van der Waals surface area (Å²) in [4.78, 5) is 27.1. The molecular formula is C24H36N6O5. The third kappa shape index (κ3) is 7.08. The van der Waals surface area contributed by atoms with E-state index in [1.807, 2.05) is 26.8 Å². The number of nitrogens with one attached hydrogen (secondary N) is 2. The van der Waals surface area contributed by atoms with Crippen LogP contribution in [0.3, 0.4) is 0 Å². The van der Waals surface area contributed by atoms with Gasteiger partial charge in [0.05, 0.1) is 0 Å². The zero-order valence-corrected chi connectivity index (χ0v) is 21.5. The number of piperazine rings is 1. The van der Waals surface area contributed by atoms with Crippen molar-refractivity contribution in [3.63, 3.8) is 0 Å². The van der Waals surface area contributed by atoms with Gasteiger partial charge in [-0.2, -0.15) is 0 Å². The molecule has 0 saturated carbocycles. The van der Waals surface area contributed by atoms with Gasteiger partial charge in [-0.3, -0.25) is 4.90 Å². The van der Waals surface area contributed by atoms with E-state index in [4.69, 9.17) is 9.15 Å². The Kier molecular flexibility index (Phi) is 7.89. The van der Waals surface area contributed by atoms with E-state index in [0.717, 1.165) is 22.4 Å². The van der Waals surface area contributed by atoms with Gasteiger partial charge in [-0.25, -0.2) is 9.59 Å². The first kappa shape index (κ1) is 26.3. The molecule has 2 aromatic rings. The molecule has 11 heteroatoms. The summed E-state index contributed by atoms with van der Waals surface area (Å²) >= 11 is 0. The van der Waals surface area contributed by atoms with E-state index in [0.29, 0.717) is 26.2 Å². The van der Waals surface area contributed by atoms with E-state index in [1.54, 1.807) is 27.7 Å². The summed E-state index contributed by atoms with van der Waals surface area (Å²) in [6.07, 6.45) is -1.43. The van der Waals surface area contributed by atoms with Gasteiger partial charge in [-0.1, -0.05) is 11.2 Å². The quantitative estimate of drug-likeness (QED) is 0.547. The Bertz CT molecular complexity index is 1060. The van der Waals surface area contributed by atoms with Crippen molar-refractivity contribution in [3.05, 3.63) is 34.7 Å². The lowest BCUT2D eigenvalue weighted by atomic mass is 10.0. The minimum absolute atomic E-state index is 0.0583. The predicted molar refractivity (Wildman–Crippen MR) is 131 cm³/mol. The van der Waals surface area contributed by atoms with E-state index < -0.39 is 23.8 Å². The highest BCUT2D eigenvalue weighted by molar-refractivity contribution is 5.68.